The smallest absolute Gasteiger partial charge is 0.123 e. The van der Waals surface area contributed by atoms with Crippen molar-refractivity contribution < 1.29 is 9.53 Å². The summed E-state index contributed by atoms with van der Waals surface area (Å²) < 4.78 is 5.31. The van der Waals surface area contributed by atoms with Crippen molar-refractivity contribution >= 4 is 17.1 Å². The van der Waals surface area contributed by atoms with Crippen molar-refractivity contribution in [1.82, 2.24) is 0 Å². The molecule has 0 bridgehead atoms. The zero-order valence-electron chi connectivity index (χ0n) is 9.77. The van der Waals surface area contributed by atoms with Gasteiger partial charge in [0.1, 0.15) is 12.0 Å². The Labute approximate surface area is 100 Å². The Kier molecular flexibility index (Phi) is 2.36. The molecule has 2 aromatic rings. The van der Waals surface area contributed by atoms with E-state index < -0.39 is 0 Å². The van der Waals surface area contributed by atoms with Gasteiger partial charge in [0.25, 0.3) is 0 Å². The average Bonchev–Trinajstić information content (AvgIpc) is 2.38. The number of hydrogen-bond acceptors (Lipinski definition) is 2. The topological polar surface area (TPSA) is 26.3 Å². The molecule has 1 aliphatic rings. The summed E-state index contributed by atoms with van der Waals surface area (Å²) in [5.74, 6) is 0.983. The lowest BCUT2D eigenvalue weighted by atomic mass is 9.82. The molecule has 1 atom stereocenters. The predicted octanol–water partition coefficient (Wildman–Crippen LogP) is 2.76. The van der Waals surface area contributed by atoms with Crippen LogP contribution in [0.15, 0.2) is 30.3 Å². The van der Waals surface area contributed by atoms with Crippen LogP contribution in [-0.2, 0) is 17.6 Å². The first-order valence-corrected chi connectivity index (χ1v) is 5.85. The van der Waals surface area contributed by atoms with E-state index in [1.165, 1.54) is 21.9 Å². The monoisotopic (exact) mass is 226 g/mol. The third kappa shape index (κ3) is 1.60. The van der Waals surface area contributed by atoms with E-state index in [1.54, 1.807) is 7.11 Å². The lowest BCUT2D eigenvalue weighted by molar-refractivity contribution is -0.111. The van der Waals surface area contributed by atoms with Crippen LogP contribution in [0.25, 0.3) is 10.8 Å². The Morgan fingerprint density at radius 1 is 1.24 bits per heavy atom. The quantitative estimate of drug-likeness (QED) is 0.736. The van der Waals surface area contributed by atoms with Gasteiger partial charge in [-0.25, -0.2) is 0 Å². The molecular formula is C15H14O2. The molecule has 86 valence electrons. The predicted molar refractivity (Wildman–Crippen MR) is 67.5 cm³/mol. The maximum atomic E-state index is 11.0. The molecular weight excluding hydrogens is 212 g/mol. The minimum absolute atomic E-state index is 0.111. The summed E-state index contributed by atoms with van der Waals surface area (Å²) in [6.45, 7) is 0. The molecule has 0 aromatic heterocycles. The van der Waals surface area contributed by atoms with Gasteiger partial charge in [-0.1, -0.05) is 18.2 Å². The van der Waals surface area contributed by atoms with E-state index in [4.69, 9.17) is 4.74 Å². The molecule has 0 fully saturated rings. The SMILES string of the molecule is COc1cc2c3c(cccc3c1)CC(C=O)C2. The lowest BCUT2D eigenvalue weighted by Crippen LogP contribution is -2.15. The minimum Gasteiger partial charge on any atom is -0.497 e. The fraction of sp³-hybridized carbons (Fsp3) is 0.267. The van der Waals surface area contributed by atoms with Gasteiger partial charge >= 0.3 is 0 Å². The molecule has 0 heterocycles. The Morgan fingerprint density at radius 3 is 2.82 bits per heavy atom. The normalized spacial score (nSPS) is 18.1. The van der Waals surface area contributed by atoms with E-state index in [0.717, 1.165) is 24.9 Å². The minimum atomic E-state index is 0.111. The summed E-state index contributed by atoms with van der Waals surface area (Å²) in [6, 6.07) is 10.4. The molecule has 0 aliphatic heterocycles. The van der Waals surface area contributed by atoms with Gasteiger partial charge in [0, 0.05) is 5.92 Å². The van der Waals surface area contributed by atoms with E-state index in [1.807, 2.05) is 6.07 Å². The van der Waals surface area contributed by atoms with Gasteiger partial charge in [0.05, 0.1) is 7.11 Å². The maximum absolute atomic E-state index is 11.0. The zero-order valence-corrected chi connectivity index (χ0v) is 9.77. The van der Waals surface area contributed by atoms with Gasteiger partial charge in [0.15, 0.2) is 0 Å². The highest BCUT2D eigenvalue weighted by atomic mass is 16.5. The second-order valence-electron chi connectivity index (χ2n) is 4.61. The van der Waals surface area contributed by atoms with Gasteiger partial charge in [-0.3, -0.25) is 0 Å². The van der Waals surface area contributed by atoms with Gasteiger partial charge in [-0.05, 0) is 46.9 Å². The number of benzene rings is 2. The fourth-order valence-corrected chi connectivity index (χ4v) is 2.75. The summed E-state index contributed by atoms with van der Waals surface area (Å²) >= 11 is 0. The Balaban J connectivity index is 2.28. The van der Waals surface area contributed by atoms with Crippen LogP contribution in [-0.4, -0.2) is 13.4 Å². The number of carbonyl (C=O) groups excluding carboxylic acids is 1. The van der Waals surface area contributed by atoms with Crippen molar-refractivity contribution in [3.8, 4) is 5.75 Å². The first-order valence-electron chi connectivity index (χ1n) is 5.85. The van der Waals surface area contributed by atoms with E-state index >= 15 is 0 Å². The van der Waals surface area contributed by atoms with Crippen LogP contribution in [0.4, 0.5) is 0 Å². The van der Waals surface area contributed by atoms with Crippen LogP contribution in [0, 0.1) is 5.92 Å². The molecule has 0 spiro atoms. The van der Waals surface area contributed by atoms with E-state index in [0.29, 0.717) is 0 Å². The van der Waals surface area contributed by atoms with Crippen molar-refractivity contribution in [2.75, 3.05) is 7.11 Å². The van der Waals surface area contributed by atoms with E-state index in [2.05, 4.69) is 24.3 Å². The molecule has 2 heteroatoms. The third-order valence-corrected chi connectivity index (χ3v) is 3.51. The number of methoxy groups -OCH3 is 1. The molecule has 1 aliphatic carbocycles. The molecule has 0 N–H and O–H groups in total. The number of rotatable bonds is 2. The number of ether oxygens (including phenoxy) is 1. The van der Waals surface area contributed by atoms with Gasteiger partial charge in [0.2, 0.25) is 0 Å². The third-order valence-electron chi connectivity index (χ3n) is 3.51. The van der Waals surface area contributed by atoms with Crippen molar-refractivity contribution in [1.29, 1.82) is 0 Å². The van der Waals surface area contributed by atoms with Gasteiger partial charge in [-0.15, -0.1) is 0 Å². The van der Waals surface area contributed by atoms with Crippen LogP contribution in [0.3, 0.4) is 0 Å². The highest BCUT2D eigenvalue weighted by Crippen LogP contribution is 2.34. The summed E-state index contributed by atoms with van der Waals surface area (Å²) in [6.07, 6.45) is 2.76. The van der Waals surface area contributed by atoms with Crippen molar-refractivity contribution in [2.24, 2.45) is 5.92 Å². The molecule has 3 rings (SSSR count). The molecule has 2 nitrogen and oxygen atoms in total. The Bertz CT molecular complexity index is 587. The van der Waals surface area contributed by atoms with E-state index in [9.17, 15) is 4.79 Å². The molecule has 1 unspecified atom stereocenters. The average molecular weight is 226 g/mol. The summed E-state index contributed by atoms with van der Waals surface area (Å²) in [7, 11) is 1.68. The highest BCUT2D eigenvalue weighted by Gasteiger charge is 2.20. The van der Waals surface area contributed by atoms with Gasteiger partial charge < -0.3 is 9.53 Å². The lowest BCUT2D eigenvalue weighted by Gasteiger charge is -2.22. The number of aldehydes is 1. The van der Waals surface area contributed by atoms with Crippen molar-refractivity contribution in [2.45, 2.75) is 12.8 Å². The maximum Gasteiger partial charge on any atom is 0.123 e. The first-order chi connectivity index (χ1) is 8.31. The Hall–Kier alpha value is -1.83. The van der Waals surface area contributed by atoms with Crippen LogP contribution in [0.5, 0.6) is 5.75 Å². The van der Waals surface area contributed by atoms with Crippen LogP contribution in [0.2, 0.25) is 0 Å². The van der Waals surface area contributed by atoms with Crippen LogP contribution < -0.4 is 4.74 Å². The molecule has 0 radical (unpaired) electrons. The molecule has 0 amide bonds. The first kappa shape index (κ1) is 10.3. The summed E-state index contributed by atoms with van der Waals surface area (Å²) in [5, 5.41) is 2.52. The molecule has 0 saturated heterocycles. The summed E-state index contributed by atoms with van der Waals surface area (Å²) in [4.78, 5) is 11.0. The second kappa shape index (κ2) is 3.88. The van der Waals surface area contributed by atoms with E-state index in [-0.39, 0.29) is 5.92 Å². The highest BCUT2D eigenvalue weighted by molar-refractivity contribution is 5.91. The van der Waals surface area contributed by atoms with Crippen molar-refractivity contribution in [3.63, 3.8) is 0 Å². The zero-order chi connectivity index (χ0) is 11.8. The number of carbonyl (C=O) groups is 1. The van der Waals surface area contributed by atoms with Crippen LogP contribution in [0.1, 0.15) is 11.1 Å². The molecule has 17 heavy (non-hydrogen) atoms. The second-order valence-corrected chi connectivity index (χ2v) is 4.61. The van der Waals surface area contributed by atoms with Gasteiger partial charge in [-0.2, -0.15) is 0 Å². The molecule has 2 aromatic carbocycles. The standard InChI is InChI=1S/C15H14O2/c1-17-14-7-12-4-2-3-11-5-10(9-16)6-13(8-14)15(11)12/h2-4,7-10H,5-6H2,1H3. The van der Waals surface area contributed by atoms with Crippen molar-refractivity contribution in [3.05, 3.63) is 41.5 Å². The molecule has 0 saturated carbocycles. The largest absolute Gasteiger partial charge is 0.497 e. The Morgan fingerprint density at radius 2 is 2.06 bits per heavy atom. The summed E-state index contributed by atoms with van der Waals surface area (Å²) in [5.41, 5.74) is 2.52. The van der Waals surface area contributed by atoms with Crippen LogP contribution >= 0.6 is 0 Å². The fourth-order valence-electron chi connectivity index (χ4n) is 2.75. The number of hydrogen-bond donors (Lipinski definition) is 0.